The number of fused-ring (bicyclic) bond motifs is 1. The summed E-state index contributed by atoms with van der Waals surface area (Å²) in [6.07, 6.45) is 8.10. The number of hydrogen-bond donors (Lipinski definition) is 0. The Kier molecular flexibility index (Phi) is 4.49. The highest BCUT2D eigenvalue weighted by Crippen LogP contribution is 2.47. The molecule has 1 fully saturated rings. The van der Waals surface area contributed by atoms with Gasteiger partial charge in [-0.2, -0.15) is 0 Å². The molecule has 0 spiro atoms. The Hall–Kier alpha value is -1.02. The lowest BCUT2D eigenvalue weighted by Gasteiger charge is -2.34. The zero-order valence-electron chi connectivity index (χ0n) is 14.7. The van der Waals surface area contributed by atoms with E-state index in [1.165, 1.54) is 45.1 Å². The molecule has 0 aromatic heterocycles. The summed E-state index contributed by atoms with van der Waals surface area (Å²) in [5.74, 6) is 1.05. The molecule has 2 aliphatic rings. The summed E-state index contributed by atoms with van der Waals surface area (Å²) in [5, 5.41) is 0. The largest absolute Gasteiger partial charge is 0.491 e. The van der Waals surface area contributed by atoms with E-state index in [1.54, 1.807) is 11.1 Å². The van der Waals surface area contributed by atoms with Gasteiger partial charge >= 0.3 is 0 Å². The highest BCUT2D eigenvalue weighted by atomic mass is 16.5. The van der Waals surface area contributed by atoms with Gasteiger partial charge in [-0.15, -0.1) is 0 Å². The third kappa shape index (κ3) is 2.90. The number of likely N-dealkylation sites (tertiary alicyclic amines) is 1. The van der Waals surface area contributed by atoms with Crippen molar-refractivity contribution in [2.75, 3.05) is 13.6 Å². The number of aryl methyl sites for hydroxylation is 1. The van der Waals surface area contributed by atoms with E-state index >= 15 is 0 Å². The first-order chi connectivity index (χ1) is 10.5. The third-order valence-corrected chi connectivity index (χ3v) is 5.87. The van der Waals surface area contributed by atoms with Gasteiger partial charge < -0.3 is 9.64 Å². The molecule has 1 aromatic carbocycles. The molecule has 1 aliphatic heterocycles. The molecule has 0 bridgehead atoms. The van der Waals surface area contributed by atoms with Gasteiger partial charge in [0.05, 0.1) is 6.10 Å². The SMILES string of the molecule is CCC1(C[C@H]2CCCN2C)CCc2ccc(OC(C)C)cc21. The normalized spacial score (nSPS) is 28.3. The smallest absolute Gasteiger partial charge is 0.119 e. The van der Waals surface area contributed by atoms with Crippen LogP contribution in [0.25, 0.3) is 0 Å². The molecule has 1 heterocycles. The van der Waals surface area contributed by atoms with Gasteiger partial charge in [0, 0.05) is 6.04 Å². The van der Waals surface area contributed by atoms with Crippen LogP contribution in [0, 0.1) is 0 Å². The summed E-state index contributed by atoms with van der Waals surface area (Å²) in [7, 11) is 2.30. The molecular weight excluding hydrogens is 270 g/mol. The minimum absolute atomic E-state index is 0.247. The van der Waals surface area contributed by atoms with Gasteiger partial charge in [0.15, 0.2) is 0 Å². The average Bonchev–Trinajstić information content (AvgIpc) is 3.04. The molecule has 122 valence electrons. The van der Waals surface area contributed by atoms with Gasteiger partial charge in [-0.3, -0.25) is 0 Å². The van der Waals surface area contributed by atoms with Crippen molar-refractivity contribution in [1.82, 2.24) is 4.90 Å². The highest BCUT2D eigenvalue weighted by molar-refractivity contribution is 5.44. The highest BCUT2D eigenvalue weighted by Gasteiger charge is 2.40. The van der Waals surface area contributed by atoms with Crippen molar-refractivity contribution >= 4 is 0 Å². The second-order valence-corrected chi connectivity index (χ2v) is 7.60. The Labute approximate surface area is 135 Å². The maximum atomic E-state index is 5.96. The molecule has 0 saturated carbocycles. The minimum Gasteiger partial charge on any atom is -0.491 e. The number of hydrogen-bond acceptors (Lipinski definition) is 2. The van der Waals surface area contributed by atoms with Crippen LogP contribution in [0.4, 0.5) is 0 Å². The fourth-order valence-electron chi connectivity index (χ4n) is 4.53. The van der Waals surface area contributed by atoms with Crippen LogP contribution in [0.15, 0.2) is 18.2 Å². The zero-order valence-corrected chi connectivity index (χ0v) is 14.7. The predicted molar refractivity (Wildman–Crippen MR) is 92.8 cm³/mol. The summed E-state index contributed by atoms with van der Waals surface area (Å²) in [6, 6.07) is 7.58. The van der Waals surface area contributed by atoms with Crippen molar-refractivity contribution < 1.29 is 4.74 Å². The van der Waals surface area contributed by atoms with Crippen molar-refractivity contribution in [3.05, 3.63) is 29.3 Å². The second kappa shape index (κ2) is 6.23. The molecule has 0 N–H and O–H groups in total. The molecule has 2 nitrogen and oxygen atoms in total. The first kappa shape index (κ1) is 15.9. The van der Waals surface area contributed by atoms with E-state index in [0.717, 1.165) is 11.8 Å². The van der Waals surface area contributed by atoms with Crippen LogP contribution in [-0.2, 0) is 11.8 Å². The van der Waals surface area contributed by atoms with Crippen LogP contribution in [-0.4, -0.2) is 30.6 Å². The summed E-state index contributed by atoms with van der Waals surface area (Å²) in [4.78, 5) is 2.57. The molecule has 1 aliphatic carbocycles. The van der Waals surface area contributed by atoms with E-state index in [2.05, 4.69) is 50.9 Å². The average molecular weight is 301 g/mol. The Morgan fingerprint density at radius 3 is 2.82 bits per heavy atom. The van der Waals surface area contributed by atoms with E-state index in [-0.39, 0.29) is 6.10 Å². The first-order valence-electron chi connectivity index (χ1n) is 9.04. The fraction of sp³-hybridized carbons (Fsp3) is 0.700. The molecule has 1 unspecified atom stereocenters. The maximum Gasteiger partial charge on any atom is 0.119 e. The molecule has 22 heavy (non-hydrogen) atoms. The van der Waals surface area contributed by atoms with Gasteiger partial charge in [-0.1, -0.05) is 13.0 Å². The van der Waals surface area contributed by atoms with Crippen molar-refractivity contribution in [2.24, 2.45) is 0 Å². The van der Waals surface area contributed by atoms with E-state index < -0.39 is 0 Å². The molecule has 2 atom stereocenters. The quantitative estimate of drug-likeness (QED) is 0.791. The third-order valence-electron chi connectivity index (χ3n) is 5.87. The topological polar surface area (TPSA) is 12.5 Å². The molecule has 0 radical (unpaired) electrons. The zero-order chi connectivity index (χ0) is 15.7. The number of benzene rings is 1. The first-order valence-corrected chi connectivity index (χ1v) is 9.04. The number of rotatable bonds is 5. The van der Waals surface area contributed by atoms with Crippen LogP contribution >= 0.6 is 0 Å². The standard InChI is InChI=1S/C20H31NO/c1-5-20(14-17-7-6-12-21(17)4)11-10-16-8-9-18(13-19(16)20)22-15(2)3/h8-9,13,15,17H,5-7,10-12,14H2,1-4H3/t17-,20?/m1/s1. The van der Waals surface area contributed by atoms with Gasteiger partial charge in [0.1, 0.15) is 5.75 Å². The lowest BCUT2D eigenvalue weighted by molar-refractivity contribution is 0.227. The monoisotopic (exact) mass is 301 g/mol. The van der Waals surface area contributed by atoms with Crippen LogP contribution in [0.1, 0.15) is 64.0 Å². The van der Waals surface area contributed by atoms with Gasteiger partial charge in [0.2, 0.25) is 0 Å². The van der Waals surface area contributed by atoms with E-state index in [1.807, 2.05) is 0 Å². The predicted octanol–water partition coefficient (Wildman–Crippen LogP) is 4.55. The van der Waals surface area contributed by atoms with Crippen LogP contribution in [0.5, 0.6) is 5.75 Å². The molecule has 3 rings (SSSR count). The lowest BCUT2D eigenvalue weighted by atomic mass is 9.74. The van der Waals surface area contributed by atoms with E-state index in [0.29, 0.717) is 5.41 Å². The Balaban J connectivity index is 1.88. The van der Waals surface area contributed by atoms with Crippen molar-refractivity contribution in [1.29, 1.82) is 0 Å². The summed E-state index contributed by atoms with van der Waals surface area (Å²) >= 11 is 0. The molecule has 1 aromatic rings. The van der Waals surface area contributed by atoms with E-state index in [4.69, 9.17) is 4.74 Å². The second-order valence-electron chi connectivity index (χ2n) is 7.60. The van der Waals surface area contributed by atoms with Crippen molar-refractivity contribution in [3.8, 4) is 5.75 Å². The Morgan fingerprint density at radius 1 is 1.36 bits per heavy atom. The molecule has 1 saturated heterocycles. The van der Waals surface area contributed by atoms with Crippen LogP contribution in [0.2, 0.25) is 0 Å². The number of ether oxygens (including phenoxy) is 1. The van der Waals surface area contributed by atoms with Crippen molar-refractivity contribution in [3.63, 3.8) is 0 Å². The van der Waals surface area contributed by atoms with Crippen LogP contribution < -0.4 is 4.74 Å². The van der Waals surface area contributed by atoms with Gasteiger partial charge in [-0.05, 0) is 94.6 Å². The molecular formula is C20H31NO. The maximum absolute atomic E-state index is 5.96. The van der Waals surface area contributed by atoms with Gasteiger partial charge in [0.25, 0.3) is 0 Å². The van der Waals surface area contributed by atoms with E-state index in [9.17, 15) is 0 Å². The Bertz CT molecular complexity index is 524. The number of nitrogens with zero attached hydrogens (tertiary/aromatic N) is 1. The van der Waals surface area contributed by atoms with Crippen molar-refractivity contribution in [2.45, 2.75) is 76.9 Å². The minimum atomic E-state index is 0.247. The Morgan fingerprint density at radius 2 is 2.18 bits per heavy atom. The summed E-state index contributed by atoms with van der Waals surface area (Å²) in [5.41, 5.74) is 3.50. The molecule has 2 heteroatoms. The van der Waals surface area contributed by atoms with Gasteiger partial charge in [-0.25, -0.2) is 0 Å². The van der Waals surface area contributed by atoms with Crippen LogP contribution in [0.3, 0.4) is 0 Å². The molecule has 0 amide bonds. The lowest BCUT2D eigenvalue weighted by Crippen LogP contribution is -2.34. The summed E-state index contributed by atoms with van der Waals surface area (Å²) in [6.45, 7) is 7.86. The fourth-order valence-corrected chi connectivity index (χ4v) is 4.53. The summed E-state index contributed by atoms with van der Waals surface area (Å²) < 4.78 is 5.96.